The van der Waals surface area contributed by atoms with Crippen molar-refractivity contribution in [3.8, 4) is 0 Å². The number of rotatable bonds is 5. The van der Waals surface area contributed by atoms with Gasteiger partial charge in [-0.1, -0.05) is 12.1 Å². The van der Waals surface area contributed by atoms with Gasteiger partial charge in [0.25, 0.3) is 0 Å². The predicted molar refractivity (Wildman–Crippen MR) is 104 cm³/mol. The summed E-state index contributed by atoms with van der Waals surface area (Å²) in [5.74, 6) is -0.971. The fourth-order valence-corrected chi connectivity index (χ4v) is 2.99. The van der Waals surface area contributed by atoms with Crippen molar-refractivity contribution >= 4 is 28.8 Å². The quantitative estimate of drug-likeness (QED) is 0.692. The van der Waals surface area contributed by atoms with Crippen LogP contribution in [0.1, 0.15) is 0 Å². The smallest absolute Gasteiger partial charge is 0.229 e. The van der Waals surface area contributed by atoms with Gasteiger partial charge in [0.05, 0.1) is 24.6 Å². The molecule has 0 spiro atoms. The normalized spacial score (nSPS) is 14.0. The molecular weight excluding hydrogens is 364 g/mol. The molecule has 0 saturated carbocycles. The fraction of sp³-hybridized carbons (Fsp3) is 0.200. The van der Waals surface area contributed by atoms with Gasteiger partial charge in [0.2, 0.25) is 5.95 Å². The summed E-state index contributed by atoms with van der Waals surface area (Å²) in [7, 11) is 0. The molecule has 0 atom stereocenters. The number of para-hydroxylation sites is 2. The topological polar surface area (TPSA) is 62.3 Å². The van der Waals surface area contributed by atoms with Crippen molar-refractivity contribution < 1.29 is 13.5 Å². The Labute approximate surface area is 161 Å². The van der Waals surface area contributed by atoms with E-state index in [-0.39, 0.29) is 5.95 Å². The number of halogens is 2. The first kappa shape index (κ1) is 18.1. The first-order valence-electron chi connectivity index (χ1n) is 8.93. The van der Waals surface area contributed by atoms with Crippen LogP contribution in [-0.4, -0.2) is 36.3 Å². The Hall–Kier alpha value is -3.26. The highest BCUT2D eigenvalue weighted by Crippen LogP contribution is 2.29. The molecule has 1 aliphatic rings. The van der Waals surface area contributed by atoms with Crippen molar-refractivity contribution in [2.75, 3.05) is 41.8 Å². The minimum atomic E-state index is -0.932. The van der Waals surface area contributed by atoms with Crippen molar-refractivity contribution in [3.05, 3.63) is 66.4 Å². The van der Waals surface area contributed by atoms with Gasteiger partial charge in [-0.05, 0) is 30.3 Å². The van der Waals surface area contributed by atoms with E-state index in [2.05, 4.69) is 31.6 Å². The third-order valence-corrected chi connectivity index (χ3v) is 4.35. The molecule has 0 bridgehead atoms. The van der Waals surface area contributed by atoms with E-state index in [1.54, 1.807) is 12.3 Å². The van der Waals surface area contributed by atoms with Gasteiger partial charge in [-0.15, -0.1) is 0 Å². The highest BCUT2D eigenvalue weighted by atomic mass is 19.2. The lowest BCUT2D eigenvalue weighted by Gasteiger charge is -2.30. The van der Waals surface area contributed by atoms with Crippen LogP contribution in [0, 0.1) is 11.6 Å². The Balaban J connectivity index is 1.53. The minimum Gasteiger partial charge on any atom is -0.378 e. The number of nitrogens with zero attached hydrogens (tertiary/aromatic N) is 3. The summed E-state index contributed by atoms with van der Waals surface area (Å²) in [6.07, 6.45) is 1.59. The monoisotopic (exact) mass is 383 g/mol. The van der Waals surface area contributed by atoms with Crippen LogP contribution in [0.2, 0.25) is 0 Å². The zero-order valence-electron chi connectivity index (χ0n) is 15.0. The average Bonchev–Trinajstić information content (AvgIpc) is 2.72. The molecule has 28 heavy (non-hydrogen) atoms. The zero-order valence-corrected chi connectivity index (χ0v) is 15.0. The molecule has 8 heteroatoms. The molecule has 1 fully saturated rings. The standard InChI is InChI=1S/C20H19F2N5O/c21-15-6-5-14(13-16(15)22)24-20-23-8-7-19(26-20)25-17-3-1-2-4-18(17)27-9-11-28-12-10-27/h1-8,13H,9-12H2,(H2,23,24,25,26). The number of aromatic nitrogens is 2. The molecule has 1 aromatic heterocycles. The molecule has 2 aromatic carbocycles. The number of hydrogen-bond acceptors (Lipinski definition) is 6. The third-order valence-electron chi connectivity index (χ3n) is 4.35. The van der Waals surface area contributed by atoms with Gasteiger partial charge in [0, 0.05) is 31.0 Å². The zero-order chi connectivity index (χ0) is 19.3. The van der Waals surface area contributed by atoms with Crippen molar-refractivity contribution in [1.82, 2.24) is 9.97 Å². The second kappa shape index (κ2) is 8.18. The molecule has 1 saturated heterocycles. The molecule has 2 N–H and O–H groups in total. The van der Waals surface area contributed by atoms with Crippen LogP contribution in [0.25, 0.3) is 0 Å². The maximum atomic E-state index is 13.4. The molecular formula is C20H19F2N5O. The predicted octanol–water partition coefficient (Wildman–Crippen LogP) is 4.08. The maximum Gasteiger partial charge on any atom is 0.229 e. The van der Waals surface area contributed by atoms with Crippen LogP contribution in [0.15, 0.2) is 54.7 Å². The lowest BCUT2D eigenvalue weighted by Crippen LogP contribution is -2.36. The maximum absolute atomic E-state index is 13.4. The number of ether oxygens (including phenoxy) is 1. The Morgan fingerprint density at radius 2 is 1.75 bits per heavy atom. The summed E-state index contributed by atoms with van der Waals surface area (Å²) in [6.45, 7) is 3.05. The summed E-state index contributed by atoms with van der Waals surface area (Å²) < 4.78 is 31.9. The van der Waals surface area contributed by atoms with E-state index in [1.165, 1.54) is 6.07 Å². The van der Waals surface area contributed by atoms with Gasteiger partial charge in [0.1, 0.15) is 5.82 Å². The van der Waals surface area contributed by atoms with E-state index in [9.17, 15) is 8.78 Å². The fourth-order valence-electron chi connectivity index (χ4n) is 2.99. The van der Waals surface area contributed by atoms with Gasteiger partial charge in [-0.2, -0.15) is 4.98 Å². The second-order valence-electron chi connectivity index (χ2n) is 6.26. The summed E-state index contributed by atoms with van der Waals surface area (Å²) in [5, 5.41) is 6.19. The minimum absolute atomic E-state index is 0.278. The molecule has 0 aliphatic carbocycles. The Morgan fingerprint density at radius 3 is 2.57 bits per heavy atom. The molecule has 4 rings (SSSR count). The van der Waals surface area contributed by atoms with Crippen LogP contribution in [0.5, 0.6) is 0 Å². The van der Waals surface area contributed by atoms with Gasteiger partial charge in [-0.25, -0.2) is 13.8 Å². The molecule has 3 aromatic rings. The van der Waals surface area contributed by atoms with Crippen LogP contribution in [-0.2, 0) is 4.74 Å². The number of benzene rings is 2. The molecule has 1 aliphatic heterocycles. The van der Waals surface area contributed by atoms with Crippen molar-refractivity contribution in [1.29, 1.82) is 0 Å². The highest BCUT2D eigenvalue weighted by Gasteiger charge is 2.15. The Bertz CT molecular complexity index is 963. The molecule has 6 nitrogen and oxygen atoms in total. The molecule has 2 heterocycles. The molecule has 144 valence electrons. The Morgan fingerprint density at radius 1 is 0.929 bits per heavy atom. The number of anilines is 5. The van der Waals surface area contributed by atoms with Crippen molar-refractivity contribution in [3.63, 3.8) is 0 Å². The van der Waals surface area contributed by atoms with Gasteiger partial charge < -0.3 is 20.3 Å². The summed E-state index contributed by atoms with van der Waals surface area (Å²) in [4.78, 5) is 10.8. The van der Waals surface area contributed by atoms with E-state index >= 15 is 0 Å². The average molecular weight is 383 g/mol. The van der Waals surface area contributed by atoms with Crippen LogP contribution >= 0.6 is 0 Å². The van der Waals surface area contributed by atoms with Crippen LogP contribution in [0.4, 0.5) is 37.6 Å². The summed E-state index contributed by atoms with van der Waals surface area (Å²) in [6, 6.07) is 13.3. The number of nitrogens with one attached hydrogen (secondary N) is 2. The lowest BCUT2D eigenvalue weighted by molar-refractivity contribution is 0.123. The SMILES string of the molecule is Fc1ccc(Nc2nccc(Nc3ccccc3N3CCOCC3)n2)cc1F. The van der Waals surface area contributed by atoms with E-state index < -0.39 is 11.6 Å². The van der Waals surface area contributed by atoms with E-state index in [0.29, 0.717) is 24.7 Å². The van der Waals surface area contributed by atoms with E-state index in [0.717, 1.165) is 36.6 Å². The molecule has 0 radical (unpaired) electrons. The molecule has 0 unspecified atom stereocenters. The highest BCUT2D eigenvalue weighted by molar-refractivity contribution is 5.74. The first-order chi connectivity index (χ1) is 13.7. The number of hydrogen-bond donors (Lipinski definition) is 2. The lowest BCUT2D eigenvalue weighted by atomic mass is 10.2. The van der Waals surface area contributed by atoms with Crippen molar-refractivity contribution in [2.45, 2.75) is 0 Å². The second-order valence-corrected chi connectivity index (χ2v) is 6.26. The number of morpholine rings is 1. The van der Waals surface area contributed by atoms with Gasteiger partial charge in [-0.3, -0.25) is 0 Å². The van der Waals surface area contributed by atoms with Crippen LogP contribution < -0.4 is 15.5 Å². The summed E-state index contributed by atoms with van der Waals surface area (Å²) >= 11 is 0. The van der Waals surface area contributed by atoms with E-state index in [1.807, 2.05) is 18.2 Å². The van der Waals surface area contributed by atoms with Crippen LogP contribution in [0.3, 0.4) is 0 Å². The Kier molecular flexibility index (Phi) is 5.29. The largest absolute Gasteiger partial charge is 0.378 e. The summed E-state index contributed by atoms with van der Waals surface area (Å²) in [5.41, 5.74) is 2.35. The van der Waals surface area contributed by atoms with Gasteiger partial charge >= 0.3 is 0 Å². The van der Waals surface area contributed by atoms with Crippen molar-refractivity contribution in [2.24, 2.45) is 0 Å². The third kappa shape index (κ3) is 4.17. The van der Waals surface area contributed by atoms with E-state index in [4.69, 9.17) is 4.74 Å². The van der Waals surface area contributed by atoms with Gasteiger partial charge in [0.15, 0.2) is 11.6 Å². The molecule has 0 amide bonds. The first-order valence-corrected chi connectivity index (χ1v) is 8.93.